The maximum Gasteiger partial charge on any atom is 0.226 e. The van der Waals surface area contributed by atoms with Crippen molar-refractivity contribution in [3.05, 3.63) is 54.2 Å². The number of anilines is 1. The first kappa shape index (κ1) is 18.3. The van der Waals surface area contributed by atoms with Gasteiger partial charge in [0.2, 0.25) is 5.91 Å². The lowest BCUT2D eigenvalue weighted by molar-refractivity contribution is -0.132. The summed E-state index contributed by atoms with van der Waals surface area (Å²) in [5.74, 6) is 0.102. The molecule has 1 saturated heterocycles. The molecule has 3 rings (SSSR count). The summed E-state index contributed by atoms with van der Waals surface area (Å²) in [6.07, 6.45) is 6.26. The van der Waals surface area contributed by atoms with Crippen LogP contribution in [0.25, 0.3) is 0 Å². The minimum absolute atomic E-state index is 0.0207. The molecule has 1 aliphatic heterocycles. The van der Waals surface area contributed by atoms with Gasteiger partial charge in [0.1, 0.15) is 11.6 Å². The summed E-state index contributed by atoms with van der Waals surface area (Å²) in [6.45, 7) is 1.36. The molecular weight excluding hydrogens is 335 g/mol. The molecule has 0 saturated carbocycles. The number of β-amino-alcohol motifs (C(OH)–C–C–N with tert-alkyl or cyclic N) is 1. The van der Waals surface area contributed by atoms with Gasteiger partial charge in [0.05, 0.1) is 24.8 Å². The number of amides is 1. The van der Waals surface area contributed by atoms with E-state index < -0.39 is 5.60 Å². The van der Waals surface area contributed by atoms with Gasteiger partial charge in [0, 0.05) is 32.5 Å². The molecule has 7 heteroatoms. The molecular formula is C19H23FN4O2. The number of aliphatic hydroxyl groups is 1. The van der Waals surface area contributed by atoms with Crippen LogP contribution >= 0.6 is 0 Å². The van der Waals surface area contributed by atoms with Crippen molar-refractivity contribution in [2.24, 2.45) is 0 Å². The van der Waals surface area contributed by atoms with Gasteiger partial charge in [0.15, 0.2) is 0 Å². The van der Waals surface area contributed by atoms with E-state index in [4.69, 9.17) is 0 Å². The number of carbonyl (C=O) groups excluding carboxylic acids is 1. The molecule has 0 bridgehead atoms. The monoisotopic (exact) mass is 358 g/mol. The van der Waals surface area contributed by atoms with Gasteiger partial charge >= 0.3 is 0 Å². The number of carbonyl (C=O) groups is 1. The zero-order valence-corrected chi connectivity index (χ0v) is 14.8. The Morgan fingerprint density at radius 1 is 1.38 bits per heavy atom. The predicted octanol–water partition coefficient (Wildman–Crippen LogP) is 1.65. The number of rotatable bonds is 5. The molecule has 6 nitrogen and oxygen atoms in total. The summed E-state index contributed by atoms with van der Waals surface area (Å²) in [7, 11) is 1.64. The quantitative estimate of drug-likeness (QED) is 0.880. The number of benzene rings is 1. The van der Waals surface area contributed by atoms with Crippen LogP contribution in [0, 0.1) is 5.82 Å². The smallest absolute Gasteiger partial charge is 0.226 e. The zero-order valence-electron chi connectivity index (χ0n) is 14.8. The van der Waals surface area contributed by atoms with Gasteiger partial charge < -0.3 is 14.9 Å². The zero-order chi connectivity index (χ0) is 18.6. The molecule has 1 atom stereocenters. The molecule has 0 spiro atoms. The number of piperidine rings is 1. The van der Waals surface area contributed by atoms with Crippen LogP contribution in [0.2, 0.25) is 0 Å². The molecule has 2 heterocycles. The summed E-state index contributed by atoms with van der Waals surface area (Å²) in [6, 6.07) is 6.25. The van der Waals surface area contributed by atoms with Crippen molar-refractivity contribution in [2.45, 2.75) is 24.9 Å². The first-order valence-corrected chi connectivity index (χ1v) is 8.68. The largest absolute Gasteiger partial charge is 0.386 e. The molecule has 0 radical (unpaired) electrons. The molecule has 0 unspecified atom stereocenters. The predicted molar refractivity (Wildman–Crippen MR) is 96.2 cm³/mol. The molecule has 0 aliphatic carbocycles. The number of nitrogens with zero attached hydrogens (tertiary/aromatic N) is 4. The lowest BCUT2D eigenvalue weighted by Crippen LogP contribution is -2.55. The third-order valence-electron chi connectivity index (χ3n) is 4.69. The normalized spacial score (nSPS) is 20.0. The van der Waals surface area contributed by atoms with Crippen molar-refractivity contribution < 1.29 is 14.3 Å². The Labute approximate surface area is 152 Å². The van der Waals surface area contributed by atoms with Crippen LogP contribution in [-0.4, -0.2) is 58.2 Å². The molecule has 2 aromatic rings. The average molecular weight is 358 g/mol. The molecule has 1 aromatic heterocycles. The van der Waals surface area contributed by atoms with E-state index in [2.05, 4.69) is 9.97 Å². The number of hydrogen-bond acceptors (Lipinski definition) is 5. The Kier molecular flexibility index (Phi) is 5.46. The van der Waals surface area contributed by atoms with Crippen LogP contribution in [0.1, 0.15) is 18.4 Å². The van der Waals surface area contributed by atoms with Crippen LogP contribution in [-0.2, 0) is 11.2 Å². The second-order valence-corrected chi connectivity index (χ2v) is 6.83. The molecule has 1 N–H and O–H groups in total. The summed E-state index contributed by atoms with van der Waals surface area (Å²) >= 11 is 0. The van der Waals surface area contributed by atoms with Crippen LogP contribution < -0.4 is 4.90 Å². The highest BCUT2D eigenvalue weighted by atomic mass is 19.1. The van der Waals surface area contributed by atoms with Crippen molar-refractivity contribution >= 4 is 11.7 Å². The van der Waals surface area contributed by atoms with E-state index >= 15 is 0 Å². The van der Waals surface area contributed by atoms with Gasteiger partial charge in [-0.05, 0) is 24.5 Å². The van der Waals surface area contributed by atoms with Crippen molar-refractivity contribution in [3.63, 3.8) is 0 Å². The standard InChI is InChI=1S/C19H23FN4O2/c1-23(18(25)11-15-5-2-3-6-16(15)20)13-19(26)7-4-10-24(14-19)17-12-21-8-9-22-17/h2-3,5-6,8-9,12,26H,4,7,10-11,13-14H2,1H3/t19-/m1/s1. The lowest BCUT2D eigenvalue weighted by atomic mass is 9.92. The van der Waals surface area contributed by atoms with E-state index in [-0.39, 0.29) is 24.7 Å². The van der Waals surface area contributed by atoms with Crippen LogP contribution in [0.5, 0.6) is 0 Å². The molecule has 1 fully saturated rings. The summed E-state index contributed by atoms with van der Waals surface area (Å²) < 4.78 is 13.7. The van der Waals surface area contributed by atoms with E-state index in [0.717, 1.165) is 13.0 Å². The van der Waals surface area contributed by atoms with E-state index in [1.165, 1.54) is 11.0 Å². The Morgan fingerprint density at radius 3 is 2.92 bits per heavy atom. The van der Waals surface area contributed by atoms with Crippen molar-refractivity contribution in [3.8, 4) is 0 Å². The third-order valence-corrected chi connectivity index (χ3v) is 4.69. The molecule has 26 heavy (non-hydrogen) atoms. The fraction of sp³-hybridized carbons (Fsp3) is 0.421. The van der Waals surface area contributed by atoms with Crippen molar-refractivity contribution in [1.82, 2.24) is 14.9 Å². The highest BCUT2D eigenvalue weighted by Crippen LogP contribution is 2.25. The Hall–Kier alpha value is -2.54. The number of hydrogen-bond donors (Lipinski definition) is 1. The second-order valence-electron chi connectivity index (χ2n) is 6.83. The third kappa shape index (κ3) is 4.35. The molecule has 138 valence electrons. The first-order valence-electron chi connectivity index (χ1n) is 8.68. The SMILES string of the molecule is CN(C[C@]1(O)CCCN(c2cnccn2)C1)C(=O)Cc1ccccc1F. The summed E-state index contributed by atoms with van der Waals surface area (Å²) in [4.78, 5) is 24.2. The minimum atomic E-state index is -1.03. The van der Waals surface area contributed by atoms with Crippen LogP contribution in [0.3, 0.4) is 0 Å². The number of likely N-dealkylation sites (N-methyl/N-ethyl adjacent to an activating group) is 1. The van der Waals surface area contributed by atoms with Crippen molar-refractivity contribution in [2.75, 3.05) is 31.6 Å². The Balaban J connectivity index is 1.63. The lowest BCUT2D eigenvalue weighted by Gasteiger charge is -2.41. The molecule has 1 aliphatic rings. The topological polar surface area (TPSA) is 69.6 Å². The van der Waals surface area contributed by atoms with Gasteiger partial charge in [-0.2, -0.15) is 0 Å². The average Bonchev–Trinajstić information content (AvgIpc) is 2.64. The van der Waals surface area contributed by atoms with Gasteiger partial charge in [-0.1, -0.05) is 18.2 Å². The highest BCUT2D eigenvalue weighted by Gasteiger charge is 2.36. The second kappa shape index (κ2) is 7.78. The van der Waals surface area contributed by atoms with Crippen LogP contribution in [0.4, 0.5) is 10.2 Å². The summed E-state index contributed by atoms with van der Waals surface area (Å²) in [5.41, 5.74) is -0.670. The summed E-state index contributed by atoms with van der Waals surface area (Å²) in [5, 5.41) is 11.0. The highest BCUT2D eigenvalue weighted by molar-refractivity contribution is 5.78. The maximum absolute atomic E-state index is 13.7. The maximum atomic E-state index is 13.7. The number of aromatic nitrogens is 2. The van der Waals surface area contributed by atoms with Gasteiger partial charge in [-0.15, -0.1) is 0 Å². The van der Waals surface area contributed by atoms with Gasteiger partial charge in [-0.25, -0.2) is 9.37 Å². The van der Waals surface area contributed by atoms with Gasteiger partial charge in [0.25, 0.3) is 0 Å². The van der Waals surface area contributed by atoms with Crippen LogP contribution in [0.15, 0.2) is 42.9 Å². The van der Waals surface area contributed by atoms with E-state index in [1.54, 1.807) is 43.8 Å². The van der Waals surface area contributed by atoms with E-state index in [1.807, 2.05) is 4.90 Å². The van der Waals surface area contributed by atoms with Gasteiger partial charge in [-0.3, -0.25) is 9.78 Å². The Morgan fingerprint density at radius 2 is 2.19 bits per heavy atom. The van der Waals surface area contributed by atoms with E-state index in [9.17, 15) is 14.3 Å². The van der Waals surface area contributed by atoms with Crippen molar-refractivity contribution in [1.29, 1.82) is 0 Å². The molecule has 1 amide bonds. The number of halogens is 1. The fourth-order valence-corrected chi connectivity index (χ4v) is 3.36. The Bertz CT molecular complexity index is 758. The fourth-order valence-electron chi connectivity index (χ4n) is 3.36. The molecule has 1 aromatic carbocycles. The minimum Gasteiger partial charge on any atom is -0.386 e. The first-order chi connectivity index (χ1) is 12.5. The van der Waals surface area contributed by atoms with E-state index in [0.29, 0.717) is 24.3 Å².